The van der Waals surface area contributed by atoms with Crippen molar-refractivity contribution in [1.82, 2.24) is 24.8 Å². The van der Waals surface area contributed by atoms with Crippen molar-refractivity contribution in [2.45, 2.75) is 5.03 Å². The van der Waals surface area contributed by atoms with E-state index in [1.54, 1.807) is 24.8 Å². The summed E-state index contributed by atoms with van der Waals surface area (Å²) >= 11 is 1.47. The molecule has 1 aliphatic heterocycles. The van der Waals surface area contributed by atoms with Gasteiger partial charge in [0.15, 0.2) is 0 Å². The second-order valence-electron chi connectivity index (χ2n) is 5.90. The van der Waals surface area contributed by atoms with E-state index >= 15 is 0 Å². The Bertz CT molecular complexity index is 893. The van der Waals surface area contributed by atoms with Gasteiger partial charge in [-0.15, -0.1) is 0 Å². The highest BCUT2D eigenvalue weighted by atomic mass is 32.2. The number of hydrogen-bond donors (Lipinski definition) is 0. The first-order valence-corrected chi connectivity index (χ1v) is 9.42. The second-order valence-corrected chi connectivity index (χ2v) is 6.87. The van der Waals surface area contributed by atoms with Crippen molar-refractivity contribution < 1.29 is 4.79 Å². The fourth-order valence-electron chi connectivity index (χ4n) is 2.93. The first-order chi connectivity index (χ1) is 12.8. The molecule has 8 heteroatoms. The van der Waals surface area contributed by atoms with Gasteiger partial charge in [-0.2, -0.15) is 0 Å². The third kappa shape index (κ3) is 3.60. The molecule has 4 rings (SSSR count). The average Bonchev–Trinajstić information content (AvgIpc) is 2.73. The number of amides is 1. The highest BCUT2D eigenvalue weighted by Gasteiger charge is 2.22. The van der Waals surface area contributed by atoms with Crippen LogP contribution in [0.4, 0.5) is 5.95 Å². The van der Waals surface area contributed by atoms with E-state index in [0.717, 1.165) is 35.0 Å². The van der Waals surface area contributed by atoms with Crippen molar-refractivity contribution in [3.8, 4) is 0 Å². The zero-order valence-corrected chi connectivity index (χ0v) is 15.0. The maximum Gasteiger partial charge on any atom is 0.233 e. The molecule has 7 nitrogen and oxygen atoms in total. The smallest absolute Gasteiger partial charge is 0.233 e. The topological polar surface area (TPSA) is 75.1 Å². The normalized spacial score (nSPS) is 14.6. The summed E-state index contributed by atoms with van der Waals surface area (Å²) in [5.41, 5.74) is 0.897. The number of fused-ring (bicyclic) bond motifs is 1. The Labute approximate surface area is 155 Å². The van der Waals surface area contributed by atoms with Gasteiger partial charge in [-0.1, -0.05) is 30.0 Å². The molecular formula is C18H18N6OS. The van der Waals surface area contributed by atoms with Crippen molar-refractivity contribution in [2.75, 3.05) is 36.8 Å². The van der Waals surface area contributed by atoms with Gasteiger partial charge in [0.25, 0.3) is 0 Å². The minimum absolute atomic E-state index is 0.131. The molecule has 132 valence electrons. The second kappa shape index (κ2) is 7.65. The zero-order valence-electron chi connectivity index (χ0n) is 14.2. The van der Waals surface area contributed by atoms with E-state index < -0.39 is 0 Å². The Morgan fingerprint density at radius 1 is 0.962 bits per heavy atom. The number of carbonyl (C=O) groups excluding carboxylic acids is 1. The third-order valence-corrected chi connectivity index (χ3v) is 5.30. The minimum atomic E-state index is 0.131. The van der Waals surface area contributed by atoms with Crippen LogP contribution >= 0.6 is 11.8 Å². The molecule has 2 aromatic heterocycles. The molecule has 0 atom stereocenters. The third-order valence-electron chi connectivity index (χ3n) is 4.31. The van der Waals surface area contributed by atoms with Gasteiger partial charge in [0, 0.05) is 44.0 Å². The van der Waals surface area contributed by atoms with Crippen LogP contribution in [0.3, 0.4) is 0 Å². The predicted molar refractivity (Wildman–Crippen MR) is 101 cm³/mol. The molecule has 0 saturated carbocycles. The summed E-state index contributed by atoms with van der Waals surface area (Å²) in [5, 5.41) is 1.83. The fourth-order valence-corrected chi connectivity index (χ4v) is 3.82. The van der Waals surface area contributed by atoms with Crippen LogP contribution in [-0.4, -0.2) is 62.7 Å². The molecule has 3 heterocycles. The lowest BCUT2D eigenvalue weighted by Crippen LogP contribution is -2.49. The van der Waals surface area contributed by atoms with Gasteiger partial charge in [0.05, 0.1) is 11.3 Å². The summed E-state index contributed by atoms with van der Waals surface area (Å²) in [4.78, 5) is 33.7. The molecule has 1 fully saturated rings. The van der Waals surface area contributed by atoms with Gasteiger partial charge < -0.3 is 9.80 Å². The van der Waals surface area contributed by atoms with Gasteiger partial charge in [-0.25, -0.2) is 19.9 Å². The van der Waals surface area contributed by atoms with Crippen molar-refractivity contribution in [3.63, 3.8) is 0 Å². The average molecular weight is 366 g/mol. The van der Waals surface area contributed by atoms with Gasteiger partial charge in [-0.3, -0.25) is 4.79 Å². The first kappa shape index (κ1) is 16.7. The monoisotopic (exact) mass is 366 g/mol. The standard InChI is InChI=1S/C18H18N6OS/c25-16(12-26-17-14-4-1-2-5-15(14)21-13-22-17)23-8-10-24(11-9-23)18-19-6-3-7-20-18/h1-7,13H,8-12H2. The molecular weight excluding hydrogens is 348 g/mol. The van der Waals surface area contributed by atoms with E-state index in [1.165, 1.54) is 11.8 Å². The van der Waals surface area contributed by atoms with Crippen LogP contribution < -0.4 is 4.90 Å². The molecule has 1 aliphatic rings. The predicted octanol–water partition coefficient (Wildman–Crippen LogP) is 1.86. The van der Waals surface area contributed by atoms with Crippen LogP contribution in [0.25, 0.3) is 10.9 Å². The lowest BCUT2D eigenvalue weighted by atomic mass is 10.2. The van der Waals surface area contributed by atoms with Crippen LogP contribution in [-0.2, 0) is 4.79 Å². The van der Waals surface area contributed by atoms with E-state index in [1.807, 2.05) is 29.2 Å². The van der Waals surface area contributed by atoms with Crippen LogP contribution in [0.15, 0.2) is 54.1 Å². The van der Waals surface area contributed by atoms with E-state index in [9.17, 15) is 4.79 Å². The van der Waals surface area contributed by atoms with Gasteiger partial charge >= 0.3 is 0 Å². The SMILES string of the molecule is O=C(CSc1ncnc2ccccc12)N1CCN(c2ncccn2)CC1. The number of carbonyl (C=O) groups is 1. The number of thioether (sulfide) groups is 1. The molecule has 0 bridgehead atoms. The summed E-state index contributed by atoms with van der Waals surface area (Å²) < 4.78 is 0. The van der Waals surface area contributed by atoms with E-state index in [2.05, 4.69) is 24.8 Å². The molecule has 0 spiro atoms. The van der Waals surface area contributed by atoms with Crippen LogP contribution in [0, 0.1) is 0 Å². The maximum absolute atomic E-state index is 12.6. The number of nitrogens with zero attached hydrogens (tertiary/aromatic N) is 6. The largest absolute Gasteiger partial charge is 0.338 e. The number of benzene rings is 1. The molecule has 0 N–H and O–H groups in total. The van der Waals surface area contributed by atoms with Crippen molar-refractivity contribution >= 4 is 34.5 Å². The number of anilines is 1. The highest BCUT2D eigenvalue weighted by Crippen LogP contribution is 2.24. The van der Waals surface area contributed by atoms with Crippen molar-refractivity contribution in [2.24, 2.45) is 0 Å². The van der Waals surface area contributed by atoms with Gasteiger partial charge in [0.2, 0.25) is 11.9 Å². The molecule has 1 saturated heterocycles. The Morgan fingerprint density at radius 3 is 2.54 bits per heavy atom. The Morgan fingerprint density at radius 2 is 1.73 bits per heavy atom. The maximum atomic E-state index is 12.6. The number of para-hydroxylation sites is 1. The van der Waals surface area contributed by atoms with E-state index in [0.29, 0.717) is 18.8 Å². The number of hydrogen-bond acceptors (Lipinski definition) is 7. The Kier molecular flexibility index (Phi) is 4.92. The quantitative estimate of drug-likeness (QED) is 0.515. The lowest BCUT2D eigenvalue weighted by molar-refractivity contribution is -0.128. The number of piperazine rings is 1. The fraction of sp³-hybridized carbons (Fsp3) is 0.278. The number of rotatable bonds is 4. The molecule has 1 amide bonds. The molecule has 3 aromatic rings. The summed E-state index contributed by atoms with van der Waals surface area (Å²) in [7, 11) is 0. The summed E-state index contributed by atoms with van der Waals surface area (Å²) in [6.45, 7) is 2.86. The Balaban J connectivity index is 1.34. The molecule has 0 unspecified atom stereocenters. The first-order valence-electron chi connectivity index (χ1n) is 8.43. The molecule has 0 radical (unpaired) electrons. The van der Waals surface area contributed by atoms with Crippen molar-refractivity contribution in [1.29, 1.82) is 0 Å². The minimum Gasteiger partial charge on any atom is -0.338 e. The molecule has 1 aromatic carbocycles. The molecule has 0 aliphatic carbocycles. The summed E-state index contributed by atoms with van der Waals surface area (Å²) in [5.74, 6) is 1.23. The van der Waals surface area contributed by atoms with Crippen molar-refractivity contribution in [3.05, 3.63) is 49.1 Å². The lowest BCUT2D eigenvalue weighted by Gasteiger charge is -2.34. The van der Waals surface area contributed by atoms with Gasteiger partial charge in [-0.05, 0) is 12.1 Å². The molecule has 26 heavy (non-hydrogen) atoms. The summed E-state index contributed by atoms with van der Waals surface area (Å²) in [6.07, 6.45) is 5.03. The summed E-state index contributed by atoms with van der Waals surface area (Å²) in [6, 6.07) is 9.65. The highest BCUT2D eigenvalue weighted by molar-refractivity contribution is 8.00. The van der Waals surface area contributed by atoms with Crippen LogP contribution in [0.5, 0.6) is 0 Å². The van der Waals surface area contributed by atoms with Crippen LogP contribution in [0.1, 0.15) is 0 Å². The van der Waals surface area contributed by atoms with E-state index in [-0.39, 0.29) is 5.91 Å². The number of aromatic nitrogens is 4. The van der Waals surface area contributed by atoms with E-state index in [4.69, 9.17) is 0 Å². The Hall–Kier alpha value is -2.74. The zero-order chi connectivity index (χ0) is 17.8. The van der Waals surface area contributed by atoms with Gasteiger partial charge in [0.1, 0.15) is 11.4 Å². The van der Waals surface area contributed by atoms with Crippen LogP contribution in [0.2, 0.25) is 0 Å².